The molecule has 1 fully saturated rings. The zero-order chi connectivity index (χ0) is 19.9. The Kier molecular flexibility index (Phi) is 6.41. The Bertz CT molecular complexity index is 867. The molecular formula is C20H24N4O4. The average molecular weight is 384 g/mol. The molecule has 1 aliphatic rings. The van der Waals surface area contributed by atoms with E-state index in [0.717, 1.165) is 31.1 Å². The lowest BCUT2D eigenvalue weighted by Gasteiger charge is -2.31. The molecule has 0 bridgehead atoms. The number of nitrogens with one attached hydrogen (secondary N) is 2. The van der Waals surface area contributed by atoms with Crippen molar-refractivity contribution in [2.45, 2.75) is 25.7 Å². The van der Waals surface area contributed by atoms with Crippen LogP contribution in [0.2, 0.25) is 0 Å². The fourth-order valence-corrected chi connectivity index (χ4v) is 3.31. The van der Waals surface area contributed by atoms with Crippen LogP contribution in [0.15, 0.2) is 41.5 Å². The van der Waals surface area contributed by atoms with Crippen LogP contribution in [-0.2, 0) is 4.79 Å². The molecular weight excluding hydrogens is 360 g/mol. The van der Waals surface area contributed by atoms with Crippen molar-refractivity contribution in [3.8, 4) is 5.75 Å². The van der Waals surface area contributed by atoms with E-state index in [1.54, 1.807) is 18.1 Å². The van der Waals surface area contributed by atoms with Gasteiger partial charge < -0.3 is 19.9 Å². The smallest absolute Gasteiger partial charge is 0.273 e. The zero-order valence-corrected chi connectivity index (χ0v) is 15.8. The summed E-state index contributed by atoms with van der Waals surface area (Å²) in [5.41, 5.74) is 0.636. The van der Waals surface area contributed by atoms with E-state index in [-0.39, 0.29) is 23.1 Å². The molecule has 1 aliphatic heterocycles. The SMILES string of the molecule is COc1cccc(NC(=O)CCC2CCN(C(=O)c3c[nH]c(=O)cn3)CC2)c1. The Morgan fingerprint density at radius 3 is 2.79 bits per heavy atom. The van der Waals surface area contributed by atoms with Crippen molar-refractivity contribution in [3.05, 3.63) is 52.7 Å². The van der Waals surface area contributed by atoms with Crippen molar-refractivity contribution in [3.63, 3.8) is 0 Å². The van der Waals surface area contributed by atoms with Crippen LogP contribution in [0, 0.1) is 5.92 Å². The molecule has 2 amide bonds. The minimum Gasteiger partial charge on any atom is -0.497 e. The molecule has 2 heterocycles. The summed E-state index contributed by atoms with van der Waals surface area (Å²) in [6, 6.07) is 7.27. The number of rotatable bonds is 6. The lowest BCUT2D eigenvalue weighted by molar-refractivity contribution is -0.116. The van der Waals surface area contributed by atoms with Crippen LogP contribution in [0.25, 0.3) is 0 Å². The zero-order valence-electron chi connectivity index (χ0n) is 15.8. The van der Waals surface area contributed by atoms with Crippen molar-refractivity contribution >= 4 is 17.5 Å². The molecule has 2 aromatic rings. The van der Waals surface area contributed by atoms with Crippen LogP contribution in [0.1, 0.15) is 36.2 Å². The fraction of sp³-hybridized carbons (Fsp3) is 0.400. The normalized spacial score (nSPS) is 14.5. The number of carbonyl (C=O) groups is 2. The molecule has 0 unspecified atom stereocenters. The van der Waals surface area contributed by atoms with E-state index >= 15 is 0 Å². The van der Waals surface area contributed by atoms with Gasteiger partial charge in [0.15, 0.2) is 0 Å². The molecule has 8 heteroatoms. The molecule has 1 aromatic carbocycles. The Morgan fingerprint density at radius 2 is 2.11 bits per heavy atom. The van der Waals surface area contributed by atoms with Crippen molar-refractivity contribution in [2.75, 3.05) is 25.5 Å². The topological polar surface area (TPSA) is 104 Å². The molecule has 1 aromatic heterocycles. The predicted molar refractivity (Wildman–Crippen MR) is 104 cm³/mol. The van der Waals surface area contributed by atoms with E-state index in [9.17, 15) is 14.4 Å². The van der Waals surface area contributed by atoms with Crippen molar-refractivity contribution in [2.24, 2.45) is 5.92 Å². The Labute approximate surface area is 162 Å². The second-order valence-electron chi connectivity index (χ2n) is 6.85. The Balaban J connectivity index is 1.42. The molecule has 2 N–H and O–H groups in total. The minimum atomic E-state index is -0.331. The Hall–Kier alpha value is -3.16. The molecule has 0 spiro atoms. The lowest BCUT2D eigenvalue weighted by Crippen LogP contribution is -2.39. The summed E-state index contributed by atoms with van der Waals surface area (Å²) in [5, 5.41) is 2.89. The summed E-state index contributed by atoms with van der Waals surface area (Å²) in [5.74, 6) is 0.908. The molecule has 0 radical (unpaired) electrons. The number of likely N-dealkylation sites (tertiary alicyclic amines) is 1. The number of nitrogens with zero attached hydrogens (tertiary/aromatic N) is 2. The highest BCUT2D eigenvalue weighted by atomic mass is 16.5. The number of ether oxygens (including phenoxy) is 1. The number of aromatic nitrogens is 2. The molecule has 148 valence electrons. The second kappa shape index (κ2) is 9.16. The first-order valence-electron chi connectivity index (χ1n) is 9.33. The number of methoxy groups -OCH3 is 1. The summed E-state index contributed by atoms with van der Waals surface area (Å²) < 4.78 is 5.15. The number of hydrogen-bond donors (Lipinski definition) is 2. The second-order valence-corrected chi connectivity index (χ2v) is 6.85. The fourth-order valence-electron chi connectivity index (χ4n) is 3.31. The van der Waals surface area contributed by atoms with Gasteiger partial charge in [0.2, 0.25) is 5.91 Å². The maximum atomic E-state index is 12.4. The third-order valence-corrected chi connectivity index (χ3v) is 4.93. The number of aromatic amines is 1. The molecule has 0 aliphatic carbocycles. The van der Waals surface area contributed by atoms with Gasteiger partial charge in [-0.05, 0) is 37.3 Å². The molecule has 8 nitrogen and oxygen atoms in total. The van der Waals surface area contributed by atoms with Crippen LogP contribution in [-0.4, -0.2) is 46.9 Å². The summed E-state index contributed by atoms with van der Waals surface area (Å²) >= 11 is 0. The van der Waals surface area contributed by atoms with Gasteiger partial charge in [-0.2, -0.15) is 0 Å². The third kappa shape index (κ3) is 5.18. The molecule has 28 heavy (non-hydrogen) atoms. The quantitative estimate of drug-likeness (QED) is 0.793. The number of piperidine rings is 1. The molecule has 0 atom stereocenters. The monoisotopic (exact) mass is 384 g/mol. The third-order valence-electron chi connectivity index (χ3n) is 4.93. The van der Waals surface area contributed by atoms with Gasteiger partial charge in [0, 0.05) is 37.5 Å². The summed E-state index contributed by atoms with van der Waals surface area (Å²) in [6.45, 7) is 1.25. The highest BCUT2D eigenvalue weighted by Gasteiger charge is 2.24. The van der Waals surface area contributed by atoms with E-state index < -0.39 is 0 Å². The van der Waals surface area contributed by atoms with Gasteiger partial charge >= 0.3 is 0 Å². The van der Waals surface area contributed by atoms with E-state index in [1.165, 1.54) is 6.20 Å². The summed E-state index contributed by atoms with van der Waals surface area (Å²) in [7, 11) is 1.59. The van der Waals surface area contributed by atoms with Crippen LogP contribution in [0.3, 0.4) is 0 Å². The number of hydrogen-bond acceptors (Lipinski definition) is 5. The van der Waals surface area contributed by atoms with Gasteiger partial charge in [-0.3, -0.25) is 14.4 Å². The van der Waals surface area contributed by atoms with Crippen LogP contribution in [0.4, 0.5) is 5.69 Å². The number of anilines is 1. The standard InChI is InChI=1S/C20H24N4O4/c1-28-16-4-2-3-15(11-16)23-18(25)6-5-14-7-9-24(10-8-14)20(27)17-12-22-19(26)13-21-17/h2-4,11-14H,5-10H2,1H3,(H,22,26)(H,23,25). The van der Waals surface area contributed by atoms with Gasteiger partial charge in [0.05, 0.1) is 13.3 Å². The van der Waals surface area contributed by atoms with Gasteiger partial charge in [-0.1, -0.05) is 6.07 Å². The number of benzene rings is 1. The maximum absolute atomic E-state index is 12.4. The molecule has 3 rings (SSSR count). The minimum absolute atomic E-state index is 0.0239. The van der Waals surface area contributed by atoms with E-state index in [2.05, 4.69) is 15.3 Å². The van der Waals surface area contributed by atoms with Crippen molar-refractivity contribution in [1.29, 1.82) is 0 Å². The van der Waals surface area contributed by atoms with Crippen LogP contribution < -0.4 is 15.6 Å². The first-order chi connectivity index (χ1) is 13.5. The highest BCUT2D eigenvalue weighted by Crippen LogP contribution is 2.23. The van der Waals surface area contributed by atoms with E-state index in [0.29, 0.717) is 31.2 Å². The summed E-state index contributed by atoms with van der Waals surface area (Å²) in [6.07, 6.45) is 5.38. The number of H-pyrrole nitrogens is 1. The first-order valence-corrected chi connectivity index (χ1v) is 9.33. The van der Waals surface area contributed by atoms with Crippen LogP contribution in [0.5, 0.6) is 5.75 Å². The summed E-state index contributed by atoms with van der Waals surface area (Å²) in [4.78, 5) is 43.7. The lowest BCUT2D eigenvalue weighted by atomic mass is 9.92. The van der Waals surface area contributed by atoms with Gasteiger partial charge in [-0.15, -0.1) is 0 Å². The van der Waals surface area contributed by atoms with Gasteiger partial charge in [-0.25, -0.2) is 4.98 Å². The van der Waals surface area contributed by atoms with Crippen LogP contribution >= 0.6 is 0 Å². The van der Waals surface area contributed by atoms with E-state index in [4.69, 9.17) is 4.74 Å². The largest absolute Gasteiger partial charge is 0.497 e. The maximum Gasteiger partial charge on any atom is 0.273 e. The van der Waals surface area contributed by atoms with Gasteiger partial charge in [0.25, 0.3) is 11.5 Å². The molecule has 1 saturated heterocycles. The number of amides is 2. The van der Waals surface area contributed by atoms with Crippen molar-refractivity contribution < 1.29 is 14.3 Å². The Morgan fingerprint density at radius 1 is 1.32 bits per heavy atom. The van der Waals surface area contributed by atoms with Crippen molar-refractivity contribution in [1.82, 2.24) is 14.9 Å². The van der Waals surface area contributed by atoms with E-state index in [1.807, 2.05) is 18.2 Å². The number of carbonyl (C=O) groups excluding carboxylic acids is 2. The predicted octanol–water partition coefficient (Wildman–Crippen LogP) is 2.05. The average Bonchev–Trinajstić information content (AvgIpc) is 2.73. The highest BCUT2D eigenvalue weighted by molar-refractivity contribution is 5.92. The molecule has 0 saturated carbocycles. The first kappa shape index (κ1) is 19.6. The van der Waals surface area contributed by atoms with Gasteiger partial charge in [0.1, 0.15) is 11.4 Å².